The number of hydrogen-bond donors (Lipinski definition) is 0. The van der Waals surface area contributed by atoms with E-state index in [1.807, 2.05) is 0 Å². The SMILES string of the molecule is [Zr].c1ccc2ccccc2c1. The van der Waals surface area contributed by atoms with Crippen molar-refractivity contribution in [2.75, 3.05) is 0 Å². The Morgan fingerprint density at radius 3 is 1.09 bits per heavy atom. The molecular formula is C10H8Zr. The molecule has 11 heavy (non-hydrogen) atoms. The molecule has 0 fully saturated rings. The van der Waals surface area contributed by atoms with E-state index in [2.05, 4.69) is 48.5 Å². The maximum Gasteiger partial charge on any atom is 0 e. The van der Waals surface area contributed by atoms with Crippen molar-refractivity contribution in [3.05, 3.63) is 48.5 Å². The van der Waals surface area contributed by atoms with Crippen molar-refractivity contribution in [1.82, 2.24) is 0 Å². The Kier molecular flexibility index (Phi) is 3.02. The molecule has 0 atom stereocenters. The van der Waals surface area contributed by atoms with Crippen LogP contribution in [0.15, 0.2) is 48.5 Å². The summed E-state index contributed by atoms with van der Waals surface area (Å²) in [7, 11) is 0. The van der Waals surface area contributed by atoms with Gasteiger partial charge in [-0.1, -0.05) is 48.5 Å². The van der Waals surface area contributed by atoms with Crippen LogP contribution in [0, 0.1) is 0 Å². The molecule has 0 saturated heterocycles. The fraction of sp³-hybridized carbons (Fsp3) is 0. The van der Waals surface area contributed by atoms with Gasteiger partial charge in [0, 0.05) is 26.2 Å². The Morgan fingerprint density at radius 2 is 0.818 bits per heavy atom. The summed E-state index contributed by atoms with van der Waals surface area (Å²) in [5.41, 5.74) is 0. The Hall–Kier alpha value is -0.417. The van der Waals surface area contributed by atoms with E-state index in [1.54, 1.807) is 0 Å². The number of fused-ring (bicyclic) bond motifs is 1. The first kappa shape index (κ1) is 8.68. The average Bonchev–Trinajstić information content (AvgIpc) is 2.05. The van der Waals surface area contributed by atoms with E-state index in [9.17, 15) is 0 Å². The second-order valence-corrected chi connectivity index (χ2v) is 2.35. The quantitative estimate of drug-likeness (QED) is 0.639. The van der Waals surface area contributed by atoms with Crippen LogP contribution in [-0.2, 0) is 26.2 Å². The van der Waals surface area contributed by atoms with Gasteiger partial charge in [-0.05, 0) is 10.8 Å². The molecule has 0 amide bonds. The first-order valence-corrected chi connectivity index (χ1v) is 3.40. The van der Waals surface area contributed by atoms with Gasteiger partial charge in [-0.2, -0.15) is 0 Å². The van der Waals surface area contributed by atoms with Crippen molar-refractivity contribution in [3.8, 4) is 0 Å². The fourth-order valence-electron chi connectivity index (χ4n) is 1.13. The zero-order chi connectivity index (χ0) is 6.81. The molecule has 0 nitrogen and oxygen atoms in total. The van der Waals surface area contributed by atoms with E-state index >= 15 is 0 Å². The van der Waals surface area contributed by atoms with Gasteiger partial charge in [-0.25, -0.2) is 0 Å². The fourth-order valence-corrected chi connectivity index (χ4v) is 1.13. The van der Waals surface area contributed by atoms with Crippen molar-refractivity contribution < 1.29 is 26.2 Å². The van der Waals surface area contributed by atoms with Gasteiger partial charge in [0.1, 0.15) is 0 Å². The van der Waals surface area contributed by atoms with Crippen molar-refractivity contribution >= 4 is 10.8 Å². The molecule has 2 aromatic carbocycles. The molecule has 0 saturated carbocycles. The summed E-state index contributed by atoms with van der Waals surface area (Å²) in [5.74, 6) is 0. The zero-order valence-corrected chi connectivity index (χ0v) is 8.58. The monoisotopic (exact) mass is 218 g/mol. The number of benzene rings is 2. The third kappa shape index (κ3) is 1.78. The maximum absolute atomic E-state index is 2.12. The van der Waals surface area contributed by atoms with Crippen LogP contribution in [0.2, 0.25) is 0 Å². The summed E-state index contributed by atoms with van der Waals surface area (Å²) in [6, 6.07) is 16.7. The first-order chi connectivity index (χ1) is 4.97. The van der Waals surface area contributed by atoms with E-state index in [-0.39, 0.29) is 26.2 Å². The van der Waals surface area contributed by atoms with Crippen LogP contribution in [-0.4, -0.2) is 0 Å². The van der Waals surface area contributed by atoms with Crippen LogP contribution in [0.5, 0.6) is 0 Å². The van der Waals surface area contributed by atoms with Crippen molar-refractivity contribution in [2.24, 2.45) is 0 Å². The molecule has 2 aromatic rings. The maximum atomic E-state index is 2.12. The molecule has 0 N–H and O–H groups in total. The van der Waals surface area contributed by atoms with Gasteiger partial charge in [-0.3, -0.25) is 0 Å². The molecule has 0 aromatic heterocycles. The molecule has 0 aliphatic rings. The van der Waals surface area contributed by atoms with Gasteiger partial charge in [0.2, 0.25) is 0 Å². The summed E-state index contributed by atoms with van der Waals surface area (Å²) >= 11 is 0. The van der Waals surface area contributed by atoms with E-state index in [0.717, 1.165) is 0 Å². The third-order valence-corrected chi connectivity index (χ3v) is 1.66. The second-order valence-electron chi connectivity index (χ2n) is 2.35. The van der Waals surface area contributed by atoms with Crippen LogP contribution < -0.4 is 0 Å². The average molecular weight is 219 g/mol. The van der Waals surface area contributed by atoms with Crippen molar-refractivity contribution in [3.63, 3.8) is 0 Å². The van der Waals surface area contributed by atoms with Crippen molar-refractivity contribution in [1.29, 1.82) is 0 Å². The number of hydrogen-bond acceptors (Lipinski definition) is 0. The van der Waals surface area contributed by atoms with Gasteiger partial charge in [-0.15, -0.1) is 0 Å². The van der Waals surface area contributed by atoms with Crippen LogP contribution in [0.4, 0.5) is 0 Å². The largest absolute Gasteiger partial charge is 0.0616 e. The van der Waals surface area contributed by atoms with Crippen molar-refractivity contribution in [2.45, 2.75) is 0 Å². The van der Waals surface area contributed by atoms with Crippen LogP contribution >= 0.6 is 0 Å². The van der Waals surface area contributed by atoms with Gasteiger partial charge in [0.15, 0.2) is 0 Å². The molecule has 0 aliphatic heterocycles. The number of rotatable bonds is 0. The molecule has 1 heteroatoms. The normalized spacial score (nSPS) is 9.09. The standard InChI is InChI=1S/C10H8.Zr/c1-2-6-10-8-4-3-7-9(10)5-1;/h1-8H;. The smallest absolute Gasteiger partial charge is 0 e. The Balaban J connectivity index is 0.000000605. The Bertz CT molecular complexity index is 276. The van der Waals surface area contributed by atoms with Crippen LogP contribution in [0.25, 0.3) is 10.8 Å². The van der Waals surface area contributed by atoms with E-state index in [0.29, 0.717) is 0 Å². The summed E-state index contributed by atoms with van der Waals surface area (Å²) in [6.45, 7) is 0. The topological polar surface area (TPSA) is 0 Å². The summed E-state index contributed by atoms with van der Waals surface area (Å²) < 4.78 is 0. The van der Waals surface area contributed by atoms with Crippen LogP contribution in [0.1, 0.15) is 0 Å². The molecule has 2 rings (SSSR count). The van der Waals surface area contributed by atoms with E-state index < -0.39 is 0 Å². The van der Waals surface area contributed by atoms with Gasteiger partial charge in [0.05, 0.1) is 0 Å². The summed E-state index contributed by atoms with van der Waals surface area (Å²) in [6.07, 6.45) is 0. The molecule has 0 radical (unpaired) electrons. The molecule has 0 heterocycles. The third-order valence-electron chi connectivity index (χ3n) is 1.66. The molecule has 0 aliphatic carbocycles. The molecule has 0 bridgehead atoms. The minimum atomic E-state index is 0. The first-order valence-electron chi connectivity index (χ1n) is 3.40. The molecule has 52 valence electrons. The predicted octanol–water partition coefficient (Wildman–Crippen LogP) is 2.84. The zero-order valence-electron chi connectivity index (χ0n) is 6.12. The predicted molar refractivity (Wildman–Crippen MR) is 43.9 cm³/mol. The second kappa shape index (κ2) is 3.83. The summed E-state index contributed by atoms with van der Waals surface area (Å²) in [4.78, 5) is 0. The Labute approximate surface area is 85.4 Å². The van der Waals surface area contributed by atoms with Gasteiger partial charge >= 0.3 is 0 Å². The van der Waals surface area contributed by atoms with Gasteiger partial charge in [0.25, 0.3) is 0 Å². The van der Waals surface area contributed by atoms with E-state index in [4.69, 9.17) is 0 Å². The van der Waals surface area contributed by atoms with E-state index in [1.165, 1.54) is 10.8 Å². The minimum Gasteiger partial charge on any atom is -0.0616 e. The minimum absolute atomic E-state index is 0. The molecule has 0 unspecified atom stereocenters. The van der Waals surface area contributed by atoms with Gasteiger partial charge < -0.3 is 0 Å². The Morgan fingerprint density at radius 1 is 0.545 bits per heavy atom. The molecule has 0 spiro atoms. The molecular weight excluding hydrogens is 211 g/mol. The summed E-state index contributed by atoms with van der Waals surface area (Å²) in [5, 5.41) is 2.62. The van der Waals surface area contributed by atoms with Crippen LogP contribution in [0.3, 0.4) is 0 Å².